The SMILES string of the molecule is COc1ccc(/C=N/NC(=O)Cc2ccccc2[N+](=O)[O-])cc1O. The molecule has 8 heteroatoms. The molecule has 2 aromatic rings. The molecule has 2 N–H and O–H groups in total. The van der Waals surface area contributed by atoms with Gasteiger partial charge in [0.25, 0.3) is 5.69 Å². The van der Waals surface area contributed by atoms with Gasteiger partial charge in [-0.2, -0.15) is 5.10 Å². The zero-order valence-corrected chi connectivity index (χ0v) is 12.8. The molecule has 0 bridgehead atoms. The van der Waals surface area contributed by atoms with Crippen LogP contribution in [0.4, 0.5) is 5.69 Å². The minimum absolute atomic E-state index is 0.0484. The lowest BCUT2D eigenvalue weighted by molar-refractivity contribution is -0.385. The fraction of sp³-hybridized carbons (Fsp3) is 0.125. The van der Waals surface area contributed by atoms with Crippen molar-refractivity contribution in [2.24, 2.45) is 5.10 Å². The topological polar surface area (TPSA) is 114 Å². The number of ether oxygens (including phenoxy) is 1. The minimum Gasteiger partial charge on any atom is -0.504 e. The van der Waals surface area contributed by atoms with Gasteiger partial charge in [0.15, 0.2) is 11.5 Å². The Morgan fingerprint density at radius 1 is 1.38 bits per heavy atom. The summed E-state index contributed by atoms with van der Waals surface area (Å²) in [5, 5.41) is 24.3. The number of carbonyl (C=O) groups is 1. The van der Waals surface area contributed by atoms with Crippen LogP contribution in [0.5, 0.6) is 11.5 Å². The molecule has 0 radical (unpaired) electrons. The predicted molar refractivity (Wildman–Crippen MR) is 87.2 cm³/mol. The summed E-state index contributed by atoms with van der Waals surface area (Å²) in [6.45, 7) is 0. The van der Waals surface area contributed by atoms with E-state index in [1.54, 1.807) is 18.2 Å². The van der Waals surface area contributed by atoms with Gasteiger partial charge in [-0.15, -0.1) is 0 Å². The van der Waals surface area contributed by atoms with Crippen molar-refractivity contribution in [3.05, 3.63) is 63.7 Å². The van der Waals surface area contributed by atoms with Gasteiger partial charge in [0.05, 0.1) is 24.7 Å². The van der Waals surface area contributed by atoms with E-state index in [1.807, 2.05) is 0 Å². The third kappa shape index (κ3) is 4.29. The van der Waals surface area contributed by atoms with Crippen LogP contribution in [0.15, 0.2) is 47.6 Å². The van der Waals surface area contributed by atoms with Crippen molar-refractivity contribution >= 4 is 17.8 Å². The molecule has 0 aliphatic rings. The highest BCUT2D eigenvalue weighted by Gasteiger charge is 2.14. The first-order valence-corrected chi connectivity index (χ1v) is 6.92. The number of phenolic OH excluding ortho intramolecular Hbond substituents is 1. The fourth-order valence-corrected chi connectivity index (χ4v) is 2.02. The molecule has 0 atom stereocenters. The van der Waals surface area contributed by atoms with Crippen molar-refractivity contribution < 1.29 is 19.6 Å². The van der Waals surface area contributed by atoms with E-state index in [0.29, 0.717) is 16.9 Å². The molecule has 0 unspecified atom stereocenters. The van der Waals surface area contributed by atoms with Gasteiger partial charge in [0.2, 0.25) is 5.91 Å². The van der Waals surface area contributed by atoms with Gasteiger partial charge < -0.3 is 9.84 Å². The molecule has 0 heterocycles. The molecule has 0 fully saturated rings. The lowest BCUT2D eigenvalue weighted by Gasteiger charge is -2.03. The number of methoxy groups -OCH3 is 1. The van der Waals surface area contributed by atoms with E-state index in [-0.39, 0.29) is 17.9 Å². The van der Waals surface area contributed by atoms with E-state index in [1.165, 1.54) is 37.6 Å². The summed E-state index contributed by atoms with van der Waals surface area (Å²) >= 11 is 0. The molecule has 0 aliphatic heterocycles. The van der Waals surface area contributed by atoms with Gasteiger partial charge >= 0.3 is 0 Å². The maximum Gasteiger partial charge on any atom is 0.273 e. The van der Waals surface area contributed by atoms with Crippen LogP contribution in [0, 0.1) is 10.1 Å². The Morgan fingerprint density at radius 2 is 2.12 bits per heavy atom. The van der Waals surface area contributed by atoms with Crippen molar-refractivity contribution in [2.75, 3.05) is 7.11 Å². The van der Waals surface area contributed by atoms with E-state index in [9.17, 15) is 20.0 Å². The van der Waals surface area contributed by atoms with Crippen LogP contribution in [0.1, 0.15) is 11.1 Å². The second kappa shape index (κ2) is 7.73. The summed E-state index contributed by atoms with van der Waals surface area (Å²) in [7, 11) is 1.44. The average Bonchev–Trinajstić information content (AvgIpc) is 2.55. The molecule has 0 saturated carbocycles. The maximum atomic E-state index is 11.8. The van der Waals surface area contributed by atoms with E-state index in [0.717, 1.165) is 0 Å². The van der Waals surface area contributed by atoms with Gasteiger partial charge in [-0.1, -0.05) is 18.2 Å². The average molecular weight is 329 g/mol. The number of hydrazone groups is 1. The molecule has 124 valence electrons. The normalized spacial score (nSPS) is 10.5. The van der Waals surface area contributed by atoms with Gasteiger partial charge in [-0.25, -0.2) is 5.43 Å². The summed E-state index contributed by atoms with van der Waals surface area (Å²) < 4.78 is 4.92. The van der Waals surface area contributed by atoms with Crippen LogP contribution < -0.4 is 10.2 Å². The third-order valence-electron chi connectivity index (χ3n) is 3.15. The number of hydrogen-bond donors (Lipinski definition) is 2. The Balaban J connectivity index is 1.98. The first kappa shape index (κ1) is 16.9. The first-order chi connectivity index (χ1) is 11.5. The fourth-order valence-electron chi connectivity index (χ4n) is 2.02. The molecule has 2 rings (SSSR count). The second-order valence-corrected chi connectivity index (χ2v) is 4.79. The Kier molecular flexibility index (Phi) is 5.45. The molecular weight excluding hydrogens is 314 g/mol. The van der Waals surface area contributed by atoms with Crippen molar-refractivity contribution in [1.82, 2.24) is 5.43 Å². The number of nitrogens with zero attached hydrogens (tertiary/aromatic N) is 2. The van der Waals surface area contributed by atoms with Crippen LogP contribution in [0.2, 0.25) is 0 Å². The Morgan fingerprint density at radius 3 is 2.79 bits per heavy atom. The lowest BCUT2D eigenvalue weighted by atomic mass is 10.1. The molecule has 24 heavy (non-hydrogen) atoms. The Labute approximate surface area is 137 Å². The highest BCUT2D eigenvalue weighted by molar-refractivity contribution is 5.84. The zero-order chi connectivity index (χ0) is 17.5. The number of nitro groups is 1. The molecule has 0 aliphatic carbocycles. The van der Waals surface area contributed by atoms with E-state index >= 15 is 0 Å². The van der Waals surface area contributed by atoms with Gasteiger partial charge in [-0.05, 0) is 23.8 Å². The summed E-state index contributed by atoms with van der Waals surface area (Å²) in [6.07, 6.45) is 1.18. The first-order valence-electron chi connectivity index (χ1n) is 6.92. The number of carbonyl (C=O) groups excluding carboxylic acids is 1. The van der Waals surface area contributed by atoms with Gasteiger partial charge in [0, 0.05) is 11.6 Å². The van der Waals surface area contributed by atoms with Crippen molar-refractivity contribution in [2.45, 2.75) is 6.42 Å². The zero-order valence-electron chi connectivity index (χ0n) is 12.8. The molecule has 8 nitrogen and oxygen atoms in total. The van der Waals surface area contributed by atoms with Crippen molar-refractivity contribution in [1.29, 1.82) is 0 Å². The van der Waals surface area contributed by atoms with E-state index < -0.39 is 10.8 Å². The molecule has 0 spiro atoms. The molecule has 2 aromatic carbocycles. The third-order valence-corrected chi connectivity index (χ3v) is 3.15. The second-order valence-electron chi connectivity index (χ2n) is 4.79. The van der Waals surface area contributed by atoms with Gasteiger partial charge in [0.1, 0.15) is 0 Å². The van der Waals surface area contributed by atoms with Crippen molar-refractivity contribution in [3.8, 4) is 11.5 Å². The van der Waals surface area contributed by atoms with Crippen LogP contribution >= 0.6 is 0 Å². The summed E-state index contributed by atoms with van der Waals surface area (Å²) in [6, 6.07) is 10.7. The molecule has 1 amide bonds. The Hall–Kier alpha value is -3.42. The highest BCUT2D eigenvalue weighted by atomic mass is 16.6. The minimum atomic E-state index is -0.536. The number of nitrogens with one attached hydrogen (secondary N) is 1. The van der Waals surface area contributed by atoms with Gasteiger partial charge in [-0.3, -0.25) is 14.9 Å². The monoisotopic (exact) mass is 329 g/mol. The number of benzene rings is 2. The number of phenols is 1. The lowest BCUT2D eigenvalue weighted by Crippen LogP contribution is -2.20. The number of amides is 1. The van der Waals surface area contributed by atoms with Crippen molar-refractivity contribution in [3.63, 3.8) is 0 Å². The number of rotatable bonds is 6. The molecule has 0 saturated heterocycles. The quantitative estimate of drug-likeness (QED) is 0.478. The predicted octanol–water partition coefficient (Wildman–Crippen LogP) is 2.00. The van der Waals surface area contributed by atoms with Crippen LogP contribution in [-0.2, 0) is 11.2 Å². The summed E-state index contributed by atoms with van der Waals surface area (Å²) in [5.41, 5.74) is 3.03. The highest BCUT2D eigenvalue weighted by Crippen LogP contribution is 2.25. The maximum absolute atomic E-state index is 11.8. The largest absolute Gasteiger partial charge is 0.504 e. The van der Waals surface area contributed by atoms with Crippen LogP contribution in [0.25, 0.3) is 0 Å². The standard InChI is InChI=1S/C16H15N3O5/c1-24-15-7-6-11(8-14(15)20)10-17-18-16(21)9-12-4-2-3-5-13(12)19(22)23/h2-8,10,20H,9H2,1H3,(H,18,21)/b17-10+. The molecule has 0 aromatic heterocycles. The number of aromatic hydroxyl groups is 1. The Bertz CT molecular complexity index is 789. The number of hydrogen-bond acceptors (Lipinski definition) is 6. The smallest absolute Gasteiger partial charge is 0.273 e. The summed E-state index contributed by atoms with van der Waals surface area (Å²) in [4.78, 5) is 22.2. The van der Waals surface area contributed by atoms with E-state index in [2.05, 4.69) is 10.5 Å². The van der Waals surface area contributed by atoms with Crippen LogP contribution in [0.3, 0.4) is 0 Å². The summed E-state index contributed by atoms with van der Waals surface area (Å²) in [5.74, 6) is -0.210. The number of para-hydroxylation sites is 1. The number of nitro benzene ring substituents is 1. The van der Waals surface area contributed by atoms with E-state index in [4.69, 9.17) is 4.74 Å². The molecular formula is C16H15N3O5. The van der Waals surface area contributed by atoms with Crippen LogP contribution in [-0.4, -0.2) is 29.3 Å².